The largest absolute Gasteiger partial charge is 0.493 e. The minimum atomic E-state index is 0. The zero-order valence-corrected chi connectivity index (χ0v) is 9.04. The monoisotopic (exact) mass is 185 g/mol. The van der Waals surface area contributed by atoms with E-state index in [4.69, 9.17) is 4.74 Å². The standard InChI is InChI=1S/C11H14O2.Li/c1-3-8-13-11-7-5-4-6-10(11)9(2)12;/h4-7H,3,8H2,1-2H3;. The summed E-state index contributed by atoms with van der Waals surface area (Å²) in [7, 11) is 0. The van der Waals surface area contributed by atoms with E-state index in [9.17, 15) is 4.79 Å². The Balaban J connectivity index is 0.00000169. The Morgan fingerprint density at radius 2 is 2.00 bits per heavy atom. The Hall–Kier alpha value is -0.713. The second-order valence-corrected chi connectivity index (χ2v) is 2.90. The summed E-state index contributed by atoms with van der Waals surface area (Å²) < 4.78 is 5.43. The Morgan fingerprint density at radius 1 is 1.36 bits per heavy atom. The molecule has 0 unspecified atom stereocenters. The van der Waals surface area contributed by atoms with Crippen LogP contribution in [-0.4, -0.2) is 31.3 Å². The molecule has 0 aromatic heterocycles. The van der Waals surface area contributed by atoms with E-state index in [-0.39, 0.29) is 24.6 Å². The third kappa shape index (κ3) is 3.57. The second-order valence-electron chi connectivity index (χ2n) is 2.90. The van der Waals surface area contributed by atoms with E-state index in [1.165, 1.54) is 0 Å². The molecule has 0 heterocycles. The van der Waals surface area contributed by atoms with Gasteiger partial charge in [0, 0.05) is 18.9 Å². The minimum absolute atomic E-state index is 0. The van der Waals surface area contributed by atoms with Gasteiger partial charge in [-0.1, -0.05) is 19.1 Å². The second kappa shape index (κ2) is 6.70. The van der Waals surface area contributed by atoms with Crippen molar-refractivity contribution in [3.63, 3.8) is 0 Å². The van der Waals surface area contributed by atoms with Crippen molar-refractivity contribution in [2.45, 2.75) is 20.3 Å². The van der Waals surface area contributed by atoms with Crippen molar-refractivity contribution in [3.8, 4) is 5.75 Å². The Bertz CT molecular complexity index is 297. The number of carbonyl (C=O) groups excluding carboxylic acids is 1. The van der Waals surface area contributed by atoms with E-state index in [1.54, 1.807) is 13.0 Å². The normalized spacial score (nSPS) is 9.00. The molecule has 0 bridgehead atoms. The quantitative estimate of drug-likeness (QED) is 0.531. The van der Waals surface area contributed by atoms with Gasteiger partial charge in [-0.25, -0.2) is 0 Å². The summed E-state index contributed by atoms with van der Waals surface area (Å²) in [6.45, 7) is 4.24. The molecule has 3 heteroatoms. The number of ether oxygens (including phenoxy) is 1. The van der Waals surface area contributed by atoms with E-state index < -0.39 is 0 Å². The topological polar surface area (TPSA) is 26.3 Å². The minimum Gasteiger partial charge on any atom is -0.493 e. The van der Waals surface area contributed by atoms with Crippen LogP contribution in [0.15, 0.2) is 24.3 Å². The molecular formula is C11H14LiO2. The molecule has 0 N–H and O–H groups in total. The summed E-state index contributed by atoms with van der Waals surface area (Å²) in [5.41, 5.74) is 0.663. The van der Waals surface area contributed by atoms with Gasteiger partial charge in [-0.3, -0.25) is 4.79 Å². The van der Waals surface area contributed by atoms with Gasteiger partial charge in [0.25, 0.3) is 0 Å². The van der Waals surface area contributed by atoms with Gasteiger partial charge in [0.05, 0.1) is 12.2 Å². The molecule has 0 saturated heterocycles. The zero-order chi connectivity index (χ0) is 9.68. The van der Waals surface area contributed by atoms with Crippen LogP contribution in [0.3, 0.4) is 0 Å². The van der Waals surface area contributed by atoms with Gasteiger partial charge in [-0.05, 0) is 25.5 Å². The molecule has 1 radical (unpaired) electrons. The van der Waals surface area contributed by atoms with Crippen molar-refractivity contribution in [3.05, 3.63) is 29.8 Å². The zero-order valence-electron chi connectivity index (χ0n) is 9.04. The Labute approximate surface area is 96.8 Å². The first-order valence-corrected chi connectivity index (χ1v) is 4.48. The third-order valence-electron chi connectivity index (χ3n) is 1.73. The van der Waals surface area contributed by atoms with Crippen LogP contribution >= 0.6 is 0 Å². The molecule has 0 fully saturated rings. The first-order chi connectivity index (χ1) is 6.25. The van der Waals surface area contributed by atoms with Gasteiger partial charge in [0.15, 0.2) is 5.78 Å². The van der Waals surface area contributed by atoms with Crippen molar-refractivity contribution < 1.29 is 9.53 Å². The molecule has 0 spiro atoms. The molecule has 71 valence electrons. The molecule has 1 rings (SSSR count). The van der Waals surface area contributed by atoms with Crippen LogP contribution in [0.5, 0.6) is 5.75 Å². The number of carbonyl (C=O) groups is 1. The van der Waals surface area contributed by atoms with Gasteiger partial charge in [-0.15, -0.1) is 0 Å². The van der Waals surface area contributed by atoms with Crippen molar-refractivity contribution >= 4 is 24.6 Å². The number of rotatable bonds is 4. The summed E-state index contributed by atoms with van der Waals surface area (Å²) in [4.78, 5) is 11.1. The van der Waals surface area contributed by atoms with Gasteiger partial charge < -0.3 is 4.74 Å². The maximum absolute atomic E-state index is 11.1. The number of para-hydroxylation sites is 1. The summed E-state index contributed by atoms with van der Waals surface area (Å²) >= 11 is 0. The van der Waals surface area contributed by atoms with Crippen LogP contribution in [0, 0.1) is 0 Å². The Morgan fingerprint density at radius 3 is 2.57 bits per heavy atom. The fraction of sp³-hybridized carbons (Fsp3) is 0.364. The number of hydrogen-bond donors (Lipinski definition) is 0. The molecular weight excluding hydrogens is 171 g/mol. The molecule has 0 saturated carbocycles. The van der Waals surface area contributed by atoms with Crippen molar-refractivity contribution in [1.29, 1.82) is 0 Å². The summed E-state index contributed by atoms with van der Waals surface area (Å²) in [6.07, 6.45) is 0.951. The van der Waals surface area contributed by atoms with Crippen LogP contribution in [0.1, 0.15) is 30.6 Å². The summed E-state index contributed by atoms with van der Waals surface area (Å²) in [6, 6.07) is 7.33. The molecule has 2 nitrogen and oxygen atoms in total. The summed E-state index contributed by atoms with van der Waals surface area (Å²) in [5.74, 6) is 0.739. The molecule has 1 aromatic rings. The maximum atomic E-state index is 11.1. The molecule has 0 amide bonds. The smallest absolute Gasteiger partial charge is 0.163 e. The van der Waals surface area contributed by atoms with E-state index in [0.29, 0.717) is 17.9 Å². The fourth-order valence-corrected chi connectivity index (χ4v) is 1.10. The van der Waals surface area contributed by atoms with Crippen LogP contribution in [0.25, 0.3) is 0 Å². The molecule has 1 aromatic carbocycles. The molecule has 0 aliphatic rings. The van der Waals surface area contributed by atoms with E-state index in [2.05, 4.69) is 0 Å². The first kappa shape index (κ1) is 13.3. The predicted molar refractivity (Wildman–Crippen MR) is 58.0 cm³/mol. The fourth-order valence-electron chi connectivity index (χ4n) is 1.10. The van der Waals surface area contributed by atoms with E-state index >= 15 is 0 Å². The average molecular weight is 185 g/mol. The first-order valence-electron chi connectivity index (χ1n) is 4.48. The van der Waals surface area contributed by atoms with Crippen molar-refractivity contribution in [2.75, 3.05) is 6.61 Å². The van der Waals surface area contributed by atoms with Crippen molar-refractivity contribution in [1.82, 2.24) is 0 Å². The number of hydrogen-bond acceptors (Lipinski definition) is 2. The maximum Gasteiger partial charge on any atom is 0.163 e. The predicted octanol–water partition coefficient (Wildman–Crippen LogP) is 2.30. The molecule has 0 atom stereocenters. The number of ketones is 1. The van der Waals surface area contributed by atoms with Crippen LogP contribution in [0.4, 0.5) is 0 Å². The SMILES string of the molecule is CCCOc1ccccc1C(C)=O.[Li]. The van der Waals surface area contributed by atoms with Crippen LogP contribution < -0.4 is 4.74 Å². The van der Waals surface area contributed by atoms with E-state index in [0.717, 1.165) is 6.42 Å². The van der Waals surface area contributed by atoms with Gasteiger partial charge >= 0.3 is 0 Å². The average Bonchev–Trinajstić information content (AvgIpc) is 2.15. The number of benzene rings is 1. The number of Topliss-reactive ketones (excluding diaryl/α,β-unsaturated/α-hetero) is 1. The van der Waals surface area contributed by atoms with Crippen LogP contribution in [-0.2, 0) is 0 Å². The third-order valence-corrected chi connectivity index (χ3v) is 1.73. The summed E-state index contributed by atoms with van der Waals surface area (Å²) in [5, 5.41) is 0. The molecule has 14 heavy (non-hydrogen) atoms. The van der Waals surface area contributed by atoms with Gasteiger partial charge in [-0.2, -0.15) is 0 Å². The van der Waals surface area contributed by atoms with Crippen LogP contribution in [0.2, 0.25) is 0 Å². The van der Waals surface area contributed by atoms with E-state index in [1.807, 2.05) is 25.1 Å². The van der Waals surface area contributed by atoms with Gasteiger partial charge in [0.2, 0.25) is 0 Å². The molecule has 0 aliphatic carbocycles. The Kier molecular flexibility index (Phi) is 6.36. The van der Waals surface area contributed by atoms with Gasteiger partial charge in [0.1, 0.15) is 5.75 Å². The van der Waals surface area contributed by atoms with Crippen molar-refractivity contribution in [2.24, 2.45) is 0 Å². The molecule has 0 aliphatic heterocycles.